The van der Waals surface area contributed by atoms with E-state index in [1.165, 1.54) is 18.5 Å². The third-order valence-corrected chi connectivity index (χ3v) is 5.04. The molecule has 6 nitrogen and oxygen atoms in total. The van der Waals surface area contributed by atoms with Crippen molar-refractivity contribution in [3.63, 3.8) is 0 Å². The molecule has 0 bridgehead atoms. The minimum Gasteiger partial charge on any atom is -0.372 e. The van der Waals surface area contributed by atoms with Crippen LogP contribution in [0.1, 0.15) is 30.7 Å². The molecule has 1 aliphatic heterocycles. The molecule has 28 heavy (non-hydrogen) atoms. The molecule has 0 aliphatic carbocycles. The van der Waals surface area contributed by atoms with Crippen LogP contribution in [0, 0.1) is 6.92 Å². The van der Waals surface area contributed by atoms with Gasteiger partial charge in [0.1, 0.15) is 0 Å². The lowest BCUT2D eigenvalue weighted by Gasteiger charge is -2.17. The van der Waals surface area contributed by atoms with Crippen LogP contribution in [0.5, 0.6) is 0 Å². The predicted octanol–water partition coefficient (Wildman–Crippen LogP) is 4.22. The molecule has 0 spiro atoms. The maximum Gasteiger partial charge on any atom is 0.227 e. The number of nitrogens with one attached hydrogen (secondary N) is 1. The van der Waals surface area contributed by atoms with Crippen molar-refractivity contribution in [3.8, 4) is 11.4 Å². The van der Waals surface area contributed by atoms with Crippen molar-refractivity contribution in [2.75, 3.05) is 23.3 Å². The van der Waals surface area contributed by atoms with Crippen molar-refractivity contribution in [1.29, 1.82) is 0 Å². The second-order valence-electron chi connectivity index (χ2n) is 7.12. The van der Waals surface area contributed by atoms with Crippen LogP contribution in [-0.2, 0) is 11.2 Å². The molecule has 1 saturated heterocycles. The number of anilines is 2. The number of benzene rings is 2. The van der Waals surface area contributed by atoms with Gasteiger partial charge in [0, 0.05) is 42.9 Å². The first kappa shape index (κ1) is 18.2. The number of nitrogens with zero attached hydrogens (tertiary/aromatic N) is 3. The van der Waals surface area contributed by atoms with Gasteiger partial charge in [0.25, 0.3) is 0 Å². The van der Waals surface area contributed by atoms with Gasteiger partial charge in [-0.2, -0.15) is 4.98 Å². The van der Waals surface area contributed by atoms with Gasteiger partial charge >= 0.3 is 0 Å². The summed E-state index contributed by atoms with van der Waals surface area (Å²) < 4.78 is 5.30. The van der Waals surface area contributed by atoms with Gasteiger partial charge in [0.05, 0.1) is 0 Å². The number of carbonyl (C=O) groups excluding carboxylic acids is 1. The zero-order valence-corrected chi connectivity index (χ0v) is 16.0. The van der Waals surface area contributed by atoms with Crippen molar-refractivity contribution >= 4 is 17.3 Å². The van der Waals surface area contributed by atoms with E-state index < -0.39 is 0 Å². The maximum atomic E-state index is 12.2. The molecule has 1 amide bonds. The monoisotopic (exact) mass is 376 g/mol. The van der Waals surface area contributed by atoms with Crippen molar-refractivity contribution in [3.05, 3.63) is 60.0 Å². The van der Waals surface area contributed by atoms with E-state index >= 15 is 0 Å². The minimum atomic E-state index is -0.0652. The first-order chi connectivity index (χ1) is 13.7. The summed E-state index contributed by atoms with van der Waals surface area (Å²) in [7, 11) is 0. The zero-order valence-electron chi connectivity index (χ0n) is 16.0. The fraction of sp³-hybridized carbons (Fsp3) is 0.318. The first-order valence-electron chi connectivity index (χ1n) is 9.72. The summed E-state index contributed by atoms with van der Waals surface area (Å²) in [6.45, 7) is 4.23. The summed E-state index contributed by atoms with van der Waals surface area (Å²) in [4.78, 5) is 19.0. The van der Waals surface area contributed by atoms with Crippen LogP contribution in [0.4, 0.5) is 11.4 Å². The lowest BCUT2D eigenvalue weighted by atomic mass is 10.1. The molecule has 0 unspecified atom stereocenters. The summed E-state index contributed by atoms with van der Waals surface area (Å²) >= 11 is 0. The molecule has 0 saturated carbocycles. The van der Waals surface area contributed by atoms with Crippen LogP contribution >= 0.6 is 0 Å². The molecule has 6 heteroatoms. The Bertz CT molecular complexity index is 943. The molecule has 1 aliphatic rings. The van der Waals surface area contributed by atoms with Crippen molar-refractivity contribution in [1.82, 2.24) is 10.1 Å². The molecular formula is C22H24N4O2. The topological polar surface area (TPSA) is 71.3 Å². The normalized spacial score (nSPS) is 13.7. The first-order valence-corrected chi connectivity index (χ1v) is 9.72. The largest absolute Gasteiger partial charge is 0.372 e. The highest BCUT2D eigenvalue weighted by Gasteiger charge is 2.14. The predicted molar refractivity (Wildman–Crippen MR) is 109 cm³/mol. The number of amides is 1. The average Bonchev–Trinajstić information content (AvgIpc) is 3.40. The lowest BCUT2D eigenvalue weighted by Crippen LogP contribution is -2.17. The van der Waals surface area contributed by atoms with Crippen molar-refractivity contribution < 1.29 is 9.32 Å². The van der Waals surface area contributed by atoms with Gasteiger partial charge in [0.15, 0.2) is 0 Å². The maximum absolute atomic E-state index is 12.2. The van der Waals surface area contributed by atoms with Crippen molar-refractivity contribution in [2.24, 2.45) is 0 Å². The molecule has 1 fully saturated rings. The van der Waals surface area contributed by atoms with Crippen LogP contribution in [0.15, 0.2) is 53.1 Å². The zero-order chi connectivity index (χ0) is 19.3. The van der Waals surface area contributed by atoms with E-state index in [2.05, 4.69) is 32.5 Å². The Balaban J connectivity index is 1.30. The number of hydrogen-bond donors (Lipinski definition) is 1. The Hall–Kier alpha value is -3.15. The van der Waals surface area contributed by atoms with Gasteiger partial charge in [0.2, 0.25) is 17.6 Å². The van der Waals surface area contributed by atoms with Crippen LogP contribution in [-0.4, -0.2) is 29.1 Å². The molecule has 4 rings (SSSR count). The van der Waals surface area contributed by atoms with Gasteiger partial charge in [-0.25, -0.2) is 0 Å². The summed E-state index contributed by atoms with van der Waals surface area (Å²) in [6.07, 6.45) is 3.21. The number of aromatic nitrogens is 2. The highest BCUT2D eigenvalue weighted by Crippen LogP contribution is 2.22. The lowest BCUT2D eigenvalue weighted by molar-refractivity contribution is -0.116. The third kappa shape index (κ3) is 4.22. The number of hydrogen-bond acceptors (Lipinski definition) is 5. The number of rotatable bonds is 6. The van der Waals surface area contributed by atoms with E-state index in [1.54, 1.807) is 0 Å². The third-order valence-electron chi connectivity index (χ3n) is 5.04. The Kier molecular flexibility index (Phi) is 5.37. The van der Waals surface area contributed by atoms with Crippen LogP contribution in [0.3, 0.4) is 0 Å². The quantitative estimate of drug-likeness (QED) is 0.697. The minimum absolute atomic E-state index is 0.0652. The fourth-order valence-corrected chi connectivity index (χ4v) is 3.46. The average molecular weight is 376 g/mol. The standard InChI is InChI=1S/C22H24N4O2/c1-16-6-2-3-7-19(16)22-24-21(28-25-22)13-12-20(27)23-17-8-10-18(11-9-17)26-14-4-5-15-26/h2-3,6-11H,4-5,12-15H2,1H3,(H,23,27). The Morgan fingerprint density at radius 2 is 1.86 bits per heavy atom. The summed E-state index contributed by atoms with van der Waals surface area (Å²) in [5.74, 6) is 0.966. The van der Waals surface area contributed by atoms with Gasteiger partial charge in [-0.1, -0.05) is 29.4 Å². The molecule has 3 aromatic rings. The second-order valence-corrected chi connectivity index (χ2v) is 7.12. The summed E-state index contributed by atoms with van der Waals surface area (Å²) in [6, 6.07) is 15.9. The Morgan fingerprint density at radius 3 is 2.61 bits per heavy atom. The van der Waals surface area contributed by atoms with Crippen LogP contribution < -0.4 is 10.2 Å². The van der Waals surface area contributed by atoms with E-state index in [1.807, 2.05) is 43.3 Å². The van der Waals surface area contributed by atoms with E-state index in [9.17, 15) is 4.79 Å². The second kappa shape index (κ2) is 8.25. The van der Waals surface area contributed by atoms with E-state index in [0.717, 1.165) is 29.9 Å². The molecule has 2 aromatic carbocycles. The van der Waals surface area contributed by atoms with Gasteiger partial charge in [-0.05, 0) is 49.6 Å². The summed E-state index contributed by atoms with van der Waals surface area (Å²) in [5, 5.41) is 6.96. The molecule has 1 N–H and O–H groups in total. The van der Waals surface area contributed by atoms with Crippen molar-refractivity contribution in [2.45, 2.75) is 32.6 Å². The Labute approximate surface area is 164 Å². The van der Waals surface area contributed by atoms with Gasteiger partial charge in [-0.3, -0.25) is 4.79 Å². The van der Waals surface area contributed by atoms with E-state index in [4.69, 9.17) is 4.52 Å². The van der Waals surface area contributed by atoms with Gasteiger partial charge < -0.3 is 14.7 Å². The SMILES string of the molecule is Cc1ccccc1-c1noc(CCC(=O)Nc2ccc(N3CCCC3)cc2)n1. The molecule has 1 aromatic heterocycles. The van der Waals surface area contributed by atoms with Crippen LogP contribution in [0.2, 0.25) is 0 Å². The van der Waals surface area contributed by atoms with E-state index in [0.29, 0.717) is 24.6 Å². The fourth-order valence-electron chi connectivity index (χ4n) is 3.46. The van der Waals surface area contributed by atoms with E-state index in [-0.39, 0.29) is 5.91 Å². The number of carbonyl (C=O) groups is 1. The molecular weight excluding hydrogens is 352 g/mol. The Morgan fingerprint density at radius 1 is 1.11 bits per heavy atom. The highest BCUT2D eigenvalue weighted by atomic mass is 16.5. The molecule has 0 radical (unpaired) electrons. The summed E-state index contributed by atoms with van der Waals surface area (Å²) in [5.41, 5.74) is 4.05. The smallest absolute Gasteiger partial charge is 0.227 e. The number of aryl methyl sites for hydroxylation is 2. The molecule has 144 valence electrons. The highest BCUT2D eigenvalue weighted by molar-refractivity contribution is 5.91. The molecule has 2 heterocycles. The van der Waals surface area contributed by atoms with Gasteiger partial charge in [-0.15, -0.1) is 0 Å². The van der Waals surface area contributed by atoms with Crippen LogP contribution in [0.25, 0.3) is 11.4 Å². The molecule has 0 atom stereocenters.